The van der Waals surface area contributed by atoms with E-state index >= 15 is 8.78 Å². The van der Waals surface area contributed by atoms with E-state index in [0.29, 0.717) is 27.9 Å². The molecule has 0 unspecified atom stereocenters. The van der Waals surface area contributed by atoms with E-state index in [2.05, 4.69) is 136 Å². The molecule has 0 spiro atoms. The highest BCUT2D eigenvalue weighted by Gasteiger charge is 2.40. The fraction of sp³-hybridized carbons (Fsp3) is 0.129. The number of halogens is 2. The number of para-hydroxylation sites is 4. The number of aromatic nitrogens is 2. The molecule has 0 saturated heterocycles. The van der Waals surface area contributed by atoms with E-state index in [1.54, 1.807) is 24.3 Å². The fourth-order valence-electron chi connectivity index (χ4n) is 11.5. The predicted octanol–water partition coefficient (Wildman–Crippen LogP) is 17.9. The van der Waals surface area contributed by atoms with Crippen LogP contribution in [-0.4, -0.2) is 9.13 Å². The van der Waals surface area contributed by atoms with Crippen LogP contribution in [-0.2, 0) is 10.8 Å². The summed E-state index contributed by atoms with van der Waals surface area (Å²) in [4.78, 5) is 0. The van der Waals surface area contributed by atoms with Crippen LogP contribution >= 0.6 is 0 Å². The van der Waals surface area contributed by atoms with Crippen molar-refractivity contribution in [1.29, 1.82) is 0 Å². The van der Waals surface area contributed by atoms with E-state index in [9.17, 15) is 0 Å². The van der Waals surface area contributed by atoms with Gasteiger partial charge in [-0.2, -0.15) is 0 Å². The summed E-state index contributed by atoms with van der Waals surface area (Å²) in [6, 6.07) is 55.8. The van der Waals surface area contributed by atoms with Crippen molar-refractivity contribution in [2.24, 2.45) is 0 Å². The Morgan fingerprint density at radius 1 is 0.338 bits per heavy atom. The number of benzene rings is 9. The molecular formula is C62H46F2N2O2. The van der Waals surface area contributed by atoms with Crippen molar-refractivity contribution in [3.63, 3.8) is 0 Å². The molecule has 4 aromatic heterocycles. The molecule has 0 aliphatic heterocycles. The molecule has 0 radical (unpaired) electrons. The summed E-state index contributed by atoms with van der Waals surface area (Å²) in [6.07, 6.45) is 0. The quantitative estimate of drug-likeness (QED) is 0.176. The third-order valence-electron chi connectivity index (χ3n) is 14.0. The SMILES string of the molecule is CC(C)(C)c1c(-c2ccccc2F)c(-n2c3ccccc3c3c4c(ccc32)oc2ccccc24)c(-c2ccccc2F)c(C(C)(C)C)c1-n1c2ccccc2c2c3c(ccc21)oc1ccccc13. The molecule has 0 atom stereocenters. The molecule has 68 heavy (non-hydrogen) atoms. The Labute approximate surface area is 391 Å². The Morgan fingerprint density at radius 3 is 1.13 bits per heavy atom. The Morgan fingerprint density at radius 2 is 0.706 bits per heavy atom. The molecule has 0 amide bonds. The van der Waals surface area contributed by atoms with Gasteiger partial charge in [-0.1, -0.05) is 151 Å². The first-order valence-corrected chi connectivity index (χ1v) is 23.3. The van der Waals surface area contributed by atoms with Crippen LogP contribution in [0.3, 0.4) is 0 Å². The smallest absolute Gasteiger partial charge is 0.136 e. The average Bonchev–Trinajstić information content (AvgIpc) is 4.08. The summed E-state index contributed by atoms with van der Waals surface area (Å²) in [5.74, 6) is -0.739. The monoisotopic (exact) mass is 888 g/mol. The summed E-state index contributed by atoms with van der Waals surface area (Å²) < 4.78 is 52.8. The second kappa shape index (κ2) is 14.3. The van der Waals surface area contributed by atoms with Crippen LogP contribution in [0.4, 0.5) is 8.78 Å². The number of furan rings is 2. The number of rotatable bonds is 4. The summed E-state index contributed by atoms with van der Waals surface area (Å²) in [5.41, 5.74) is 11.4. The molecule has 0 aliphatic rings. The second-order valence-electron chi connectivity index (χ2n) is 20.2. The van der Waals surface area contributed by atoms with Gasteiger partial charge < -0.3 is 18.0 Å². The zero-order valence-corrected chi connectivity index (χ0v) is 38.6. The summed E-state index contributed by atoms with van der Waals surface area (Å²) in [7, 11) is 0. The van der Waals surface area contributed by atoms with Crippen molar-refractivity contribution in [3.05, 3.63) is 193 Å². The van der Waals surface area contributed by atoms with Crippen LogP contribution < -0.4 is 0 Å². The van der Waals surface area contributed by atoms with Crippen LogP contribution in [0.15, 0.2) is 179 Å². The minimum absolute atomic E-state index is 0.369. The zero-order valence-electron chi connectivity index (χ0n) is 38.6. The maximum Gasteiger partial charge on any atom is 0.136 e. The zero-order chi connectivity index (χ0) is 46.4. The van der Waals surface area contributed by atoms with Gasteiger partial charge in [0.15, 0.2) is 0 Å². The van der Waals surface area contributed by atoms with Crippen molar-refractivity contribution in [2.45, 2.75) is 52.4 Å². The minimum atomic E-state index is -0.633. The van der Waals surface area contributed by atoms with Gasteiger partial charge in [0, 0.05) is 65.3 Å². The lowest BCUT2D eigenvalue weighted by atomic mass is 9.71. The molecule has 13 aromatic rings. The van der Waals surface area contributed by atoms with Crippen LogP contribution in [0.2, 0.25) is 0 Å². The van der Waals surface area contributed by atoms with E-state index in [0.717, 1.165) is 104 Å². The minimum Gasteiger partial charge on any atom is -0.456 e. The standard InChI is InChI=1S/C62H46F2N2O2/c1-61(2,3)57-55(35-19-7-13-25-41(35)63)59(65-43-27-15-9-21-37(43)51-45(65)31-33-49-53(51)39-23-11-17-29-47(39)67-49)56(36-20-8-14-26-42(36)64)58(62(4,5)6)60(57)66-44-28-16-10-22-38(44)52-46(66)32-34-50-54(52)40-24-12-18-30-48(40)68-50/h7-34H,1-6H3. The van der Waals surface area contributed by atoms with Crippen molar-refractivity contribution < 1.29 is 17.6 Å². The normalized spacial score (nSPS) is 12.7. The van der Waals surface area contributed by atoms with Gasteiger partial charge in [-0.15, -0.1) is 0 Å². The number of fused-ring (bicyclic) bond motifs is 14. The molecule has 0 fully saturated rings. The van der Waals surface area contributed by atoms with Gasteiger partial charge in [-0.25, -0.2) is 8.78 Å². The lowest BCUT2D eigenvalue weighted by Crippen LogP contribution is -2.26. The van der Waals surface area contributed by atoms with E-state index in [1.807, 2.05) is 60.7 Å². The lowest BCUT2D eigenvalue weighted by Gasteiger charge is -2.38. The largest absolute Gasteiger partial charge is 0.456 e. The lowest BCUT2D eigenvalue weighted by molar-refractivity contribution is 0.564. The molecule has 6 heteroatoms. The summed E-state index contributed by atoms with van der Waals surface area (Å²) in [5, 5.41) is 8.21. The Kier molecular flexibility index (Phi) is 8.46. The maximum atomic E-state index is 17.5. The van der Waals surface area contributed by atoms with Crippen molar-refractivity contribution >= 4 is 87.5 Å². The van der Waals surface area contributed by atoms with E-state index in [1.165, 1.54) is 0 Å². The highest BCUT2D eigenvalue weighted by Crippen LogP contribution is 2.56. The third-order valence-corrected chi connectivity index (χ3v) is 14.0. The van der Waals surface area contributed by atoms with Gasteiger partial charge in [-0.05, 0) is 82.6 Å². The van der Waals surface area contributed by atoms with E-state index in [-0.39, 0.29) is 11.6 Å². The Balaban J connectivity index is 1.35. The molecular weight excluding hydrogens is 843 g/mol. The first-order chi connectivity index (χ1) is 32.9. The number of hydrogen-bond acceptors (Lipinski definition) is 2. The number of hydrogen-bond donors (Lipinski definition) is 0. The van der Waals surface area contributed by atoms with Gasteiger partial charge in [0.1, 0.15) is 34.0 Å². The molecule has 9 aromatic carbocycles. The Bertz CT molecular complexity index is 4170. The topological polar surface area (TPSA) is 36.1 Å². The van der Waals surface area contributed by atoms with Gasteiger partial charge in [-0.3, -0.25) is 0 Å². The predicted molar refractivity (Wildman–Crippen MR) is 278 cm³/mol. The summed E-state index contributed by atoms with van der Waals surface area (Å²) in [6.45, 7) is 13.3. The van der Waals surface area contributed by atoms with Crippen LogP contribution in [0, 0.1) is 11.6 Å². The molecule has 0 aliphatic carbocycles. The fourth-order valence-corrected chi connectivity index (χ4v) is 11.5. The molecule has 4 nitrogen and oxygen atoms in total. The van der Waals surface area contributed by atoms with Crippen molar-refractivity contribution in [2.75, 3.05) is 0 Å². The van der Waals surface area contributed by atoms with Gasteiger partial charge >= 0.3 is 0 Å². The molecule has 4 heterocycles. The van der Waals surface area contributed by atoms with E-state index in [4.69, 9.17) is 8.83 Å². The molecule has 330 valence electrons. The molecule has 0 saturated carbocycles. The first kappa shape index (κ1) is 40.3. The second-order valence-corrected chi connectivity index (χ2v) is 20.2. The van der Waals surface area contributed by atoms with Gasteiger partial charge in [0.25, 0.3) is 0 Å². The molecule has 0 N–H and O–H groups in total. The van der Waals surface area contributed by atoms with Crippen LogP contribution in [0.1, 0.15) is 52.7 Å². The highest BCUT2D eigenvalue weighted by molar-refractivity contribution is 6.29. The van der Waals surface area contributed by atoms with E-state index < -0.39 is 10.8 Å². The molecule has 0 bridgehead atoms. The van der Waals surface area contributed by atoms with Gasteiger partial charge in [0.05, 0.1) is 33.4 Å². The average molecular weight is 889 g/mol. The Hall–Kier alpha value is -7.96. The summed E-state index contributed by atoms with van der Waals surface area (Å²) >= 11 is 0. The van der Waals surface area contributed by atoms with Crippen molar-refractivity contribution in [1.82, 2.24) is 9.13 Å². The van der Waals surface area contributed by atoms with Crippen LogP contribution in [0.25, 0.3) is 121 Å². The van der Waals surface area contributed by atoms with Crippen LogP contribution in [0.5, 0.6) is 0 Å². The first-order valence-electron chi connectivity index (χ1n) is 23.3. The third kappa shape index (κ3) is 5.58. The maximum absolute atomic E-state index is 17.5. The van der Waals surface area contributed by atoms with Gasteiger partial charge in [0.2, 0.25) is 0 Å². The highest BCUT2D eigenvalue weighted by atomic mass is 19.1. The molecule has 13 rings (SSSR count). The number of nitrogens with zero attached hydrogens (tertiary/aromatic N) is 2. The van der Waals surface area contributed by atoms with Crippen molar-refractivity contribution in [3.8, 4) is 33.6 Å².